The number of aromatic nitrogens is 1. The van der Waals surface area contributed by atoms with E-state index in [1.54, 1.807) is 18.3 Å². The third kappa shape index (κ3) is 2.43. The molecule has 6 heteroatoms. The van der Waals surface area contributed by atoms with Gasteiger partial charge in [-0.2, -0.15) is 0 Å². The topological polar surface area (TPSA) is 72.2 Å². The number of hydrogen-bond acceptors (Lipinski definition) is 5. The summed E-state index contributed by atoms with van der Waals surface area (Å²) in [5, 5.41) is 1.82. The van der Waals surface area contributed by atoms with E-state index >= 15 is 0 Å². The number of nitrogens with one attached hydrogen (secondary N) is 1. The molecule has 0 spiro atoms. The van der Waals surface area contributed by atoms with Gasteiger partial charge >= 0.3 is 0 Å². The molecule has 1 N–H and O–H groups in total. The van der Waals surface area contributed by atoms with Crippen molar-refractivity contribution in [2.45, 2.75) is 0 Å². The zero-order valence-electron chi connectivity index (χ0n) is 9.62. The van der Waals surface area contributed by atoms with Gasteiger partial charge in [0.2, 0.25) is 0 Å². The van der Waals surface area contributed by atoms with Gasteiger partial charge in [-0.25, -0.2) is 0 Å². The first-order chi connectivity index (χ1) is 9.22. The van der Waals surface area contributed by atoms with E-state index in [1.807, 2.05) is 18.2 Å². The van der Waals surface area contributed by atoms with Crippen LogP contribution in [0.15, 0.2) is 45.9 Å². The molecule has 0 radical (unpaired) electrons. The van der Waals surface area contributed by atoms with Gasteiger partial charge in [-0.1, -0.05) is 6.07 Å². The van der Waals surface area contributed by atoms with Crippen molar-refractivity contribution in [3.8, 4) is 11.5 Å². The molecule has 1 fully saturated rings. The van der Waals surface area contributed by atoms with Gasteiger partial charge in [-0.05, 0) is 36.0 Å². The van der Waals surface area contributed by atoms with E-state index in [0.717, 1.165) is 11.8 Å². The first-order valence-electron chi connectivity index (χ1n) is 5.48. The summed E-state index contributed by atoms with van der Waals surface area (Å²) in [4.78, 5) is 26.9. The van der Waals surface area contributed by atoms with Crippen LogP contribution in [0.3, 0.4) is 0 Å². The molecule has 0 unspecified atom stereocenters. The zero-order valence-corrected chi connectivity index (χ0v) is 10.4. The van der Waals surface area contributed by atoms with E-state index in [-0.39, 0.29) is 5.24 Å². The van der Waals surface area contributed by atoms with E-state index in [4.69, 9.17) is 4.42 Å². The number of furan rings is 1. The molecule has 2 aromatic heterocycles. The molecule has 1 saturated heterocycles. The van der Waals surface area contributed by atoms with E-state index in [2.05, 4.69) is 10.3 Å². The highest BCUT2D eigenvalue weighted by Gasteiger charge is 2.25. The molecule has 1 aliphatic heterocycles. The van der Waals surface area contributed by atoms with Gasteiger partial charge in [0, 0.05) is 12.3 Å². The molecule has 3 heterocycles. The Kier molecular flexibility index (Phi) is 2.92. The minimum atomic E-state index is -0.397. The van der Waals surface area contributed by atoms with Crippen LogP contribution in [-0.2, 0) is 4.79 Å². The standard InChI is InChI=1S/C13H8N2O3S/c16-12-11(19-13(17)15-12)7-8-4-5-10(18-8)9-3-1-2-6-14-9/h1-7H,(H,15,16,17)/b11-7-. The number of pyridine rings is 1. The third-order valence-electron chi connectivity index (χ3n) is 2.46. The quantitative estimate of drug-likeness (QED) is 0.851. The number of thioether (sulfide) groups is 1. The van der Waals surface area contributed by atoms with Gasteiger partial charge < -0.3 is 4.42 Å². The van der Waals surface area contributed by atoms with E-state index in [9.17, 15) is 9.59 Å². The second kappa shape index (κ2) is 4.74. The molecular formula is C13H8N2O3S. The van der Waals surface area contributed by atoms with Crippen LogP contribution in [0, 0.1) is 0 Å². The maximum absolute atomic E-state index is 11.4. The van der Waals surface area contributed by atoms with Crippen LogP contribution in [0.25, 0.3) is 17.5 Å². The monoisotopic (exact) mass is 272 g/mol. The molecule has 0 aliphatic carbocycles. The molecule has 3 rings (SSSR count). The summed E-state index contributed by atoms with van der Waals surface area (Å²) in [6.45, 7) is 0. The Labute approximate surface area is 112 Å². The van der Waals surface area contributed by atoms with Crippen molar-refractivity contribution in [3.05, 3.63) is 47.2 Å². The first-order valence-corrected chi connectivity index (χ1v) is 6.30. The molecule has 2 aromatic rings. The molecule has 5 nitrogen and oxygen atoms in total. The minimum absolute atomic E-state index is 0.326. The summed E-state index contributed by atoms with van der Waals surface area (Å²) in [6, 6.07) is 9.01. The second-order valence-corrected chi connectivity index (χ2v) is 4.78. The number of carbonyl (C=O) groups is 2. The lowest BCUT2D eigenvalue weighted by Gasteiger charge is -1.94. The average molecular weight is 272 g/mol. The molecule has 19 heavy (non-hydrogen) atoms. The summed E-state index contributed by atoms with van der Waals surface area (Å²) in [7, 11) is 0. The van der Waals surface area contributed by atoms with Gasteiger partial charge in [-0.3, -0.25) is 19.9 Å². The highest BCUT2D eigenvalue weighted by molar-refractivity contribution is 8.18. The predicted octanol–water partition coefficient (Wildman–Crippen LogP) is 2.67. The van der Waals surface area contributed by atoms with E-state index < -0.39 is 5.91 Å². The van der Waals surface area contributed by atoms with Crippen molar-refractivity contribution in [3.63, 3.8) is 0 Å². The lowest BCUT2D eigenvalue weighted by atomic mass is 10.3. The lowest BCUT2D eigenvalue weighted by Crippen LogP contribution is -2.17. The van der Waals surface area contributed by atoms with Crippen LogP contribution in [0.1, 0.15) is 5.76 Å². The molecule has 0 atom stereocenters. The SMILES string of the molecule is O=C1NC(=O)/C(=C/c2ccc(-c3ccccn3)o2)S1. The largest absolute Gasteiger partial charge is 0.455 e. The van der Waals surface area contributed by atoms with Crippen LogP contribution in [0.5, 0.6) is 0 Å². The summed E-state index contributed by atoms with van der Waals surface area (Å²) in [6.07, 6.45) is 3.21. The molecule has 0 aromatic carbocycles. The van der Waals surface area contributed by atoms with Crippen LogP contribution in [0.4, 0.5) is 4.79 Å². The normalized spacial score (nSPS) is 16.9. The fourth-order valence-corrected chi connectivity index (χ4v) is 2.29. The molecular weight excluding hydrogens is 264 g/mol. The minimum Gasteiger partial charge on any atom is -0.455 e. The fourth-order valence-electron chi connectivity index (χ4n) is 1.63. The van der Waals surface area contributed by atoms with Crippen LogP contribution >= 0.6 is 11.8 Å². The Hall–Kier alpha value is -2.34. The smallest absolute Gasteiger partial charge is 0.290 e. The number of hydrogen-bond donors (Lipinski definition) is 1. The number of rotatable bonds is 2. The number of nitrogens with zero attached hydrogens (tertiary/aromatic N) is 1. The van der Waals surface area contributed by atoms with Crippen molar-refractivity contribution in [1.29, 1.82) is 0 Å². The Morgan fingerprint density at radius 2 is 2.11 bits per heavy atom. The summed E-state index contributed by atoms with van der Waals surface area (Å²) in [5.41, 5.74) is 0.715. The van der Waals surface area contributed by atoms with Crippen LogP contribution < -0.4 is 5.32 Å². The number of imide groups is 1. The second-order valence-electron chi connectivity index (χ2n) is 3.77. The van der Waals surface area contributed by atoms with E-state index in [0.29, 0.717) is 22.1 Å². The maximum atomic E-state index is 11.4. The van der Waals surface area contributed by atoms with Gasteiger partial charge in [0.15, 0.2) is 5.76 Å². The van der Waals surface area contributed by atoms with Crippen LogP contribution in [-0.4, -0.2) is 16.1 Å². The Morgan fingerprint density at radius 1 is 1.21 bits per heavy atom. The Morgan fingerprint density at radius 3 is 2.79 bits per heavy atom. The van der Waals surface area contributed by atoms with Gasteiger partial charge in [0.1, 0.15) is 11.5 Å². The van der Waals surface area contributed by atoms with Crippen molar-refractivity contribution in [1.82, 2.24) is 10.3 Å². The predicted molar refractivity (Wildman–Crippen MR) is 71.0 cm³/mol. The maximum Gasteiger partial charge on any atom is 0.290 e. The molecule has 2 amide bonds. The Bertz CT molecular complexity index is 676. The molecule has 1 aliphatic rings. The average Bonchev–Trinajstić information content (AvgIpc) is 2.99. The Balaban J connectivity index is 1.89. The van der Waals surface area contributed by atoms with Crippen LogP contribution in [0.2, 0.25) is 0 Å². The number of amides is 2. The first kappa shape index (κ1) is 11.7. The van der Waals surface area contributed by atoms with Gasteiger partial charge in [-0.15, -0.1) is 0 Å². The molecule has 94 valence electrons. The molecule has 0 saturated carbocycles. The summed E-state index contributed by atoms with van der Waals surface area (Å²) >= 11 is 0.859. The van der Waals surface area contributed by atoms with Gasteiger partial charge in [0.25, 0.3) is 11.1 Å². The van der Waals surface area contributed by atoms with Crippen molar-refractivity contribution in [2.24, 2.45) is 0 Å². The third-order valence-corrected chi connectivity index (χ3v) is 3.27. The van der Waals surface area contributed by atoms with Crippen molar-refractivity contribution < 1.29 is 14.0 Å². The zero-order chi connectivity index (χ0) is 13.2. The van der Waals surface area contributed by atoms with Crippen molar-refractivity contribution >= 4 is 29.0 Å². The van der Waals surface area contributed by atoms with Gasteiger partial charge in [0.05, 0.1) is 4.91 Å². The highest BCUT2D eigenvalue weighted by atomic mass is 32.2. The summed E-state index contributed by atoms with van der Waals surface area (Å²) < 4.78 is 5.57. The van der Waals surface area contributed by atoms with E-state index in [1.165, 1.54) is 6.08 Å². The fraction of sp³-hybridized carbons (Fsp3) is 0. The lowest BCUT2D eigenvalue weighted by molar-refractivity contribution is -0.115. The summed E-state index contributed by atoms with van der Waals surface area (Å²) in [5.74, 6) is 0.723. The van der Waals surface area contributed by atoms with Crippen molar-refractivity contribution in [2.75, 3.05) is 0 Å². The number of carbonyl (C=O) groups excluding carboxylic acids is 2. The highest BCUT2D eigenvalue weighted by Crippen LogP contribution is 2.27. The molecule has 0 bridgehead atoms.